The van der Waals surface area contributed by atoms with Gasteiger partial charge in [-0.15, -0.1) is 0 Å². The van der Waals surface area contributed by atoms with Crippen molar-refractivity contribution in [2.45, 2.75) is 18.5 Å². The third-order valence-electron chi connectivity index (χ3n) is 4.29. The number of hydrogen-bond donors (Lipinski definition) is 1. The number of nitrogens with one attached hydrogen (secondary N) is 1. The highest BCUT2D eigenvalue weighted by Gasteiger charge is 2.39. The van der Waals surface area contributed by atoms with Crippen LogP contribution in [-0.2, 0) is 5.67 Å². The molecular formula is C18H15FN4O. The van der Waals surface area contributed by atoms with E-state index in [1.165, 1.54) is 0 Å². The standard InChI is InChI=1S/C18H15FN4O/c19-18(5-2-6-21-11-18)17-23-15-8-14(10-22-16(15)24-17)13-4-1-3-12(7-13)9-20/h1,3-4,7-8,10,21H,2,5-6,11H2. The van der Waals surface area contributed by atoms with Crippen molar-refractivity contribution in [2.24, 2.45) is 0 Å². The third-order valence-corrected chi connectivity index (χ3v) is 4.29. The second-order valence-corrected chi connectivity index (χ2v) is 6.01. The molecule has 0 amide bonds. The molecule has 1 aliphatic heterocycles. The van der Waals surface area contributed by atoms with E-state index >= 15 is 0 Å². The Labute approximate surface area is 138 Å². The number of hydrogen-bond acceptors (Lipinski definition) is 5. The maximum absolute atomic E-state index is 15.0. The normalized spacial score (nSPS) is 20.8. The molecule has 6 heteroatoms. The molecule has 1 aliphatic rings. The highest BCUT2D eigenvalue weighted by Crippen LogP contribution is 2.34. The Balaban J connectivity index is 1.75. The molecule has 1 fully saturated rings. The maximum Gasteiger partial charge on any atom is 0.247 e. The number of pyridine rings is 1. The zero-order chi connectivity index (χ0) is 16.6. The third kappa shape index (κ3) is 2.53. The van der Waals surface area contributed by atoms with E-state index in [4.69, 9.17) is 9.68 Å². The molecule has 0 saturated carbocycles. The van der Waals surface area contributed by atoms with Crippen molar-refractivity contribution in [3.8, 4) is 17.2 Å². The second-order valence-electron chi connectivity index (χ2n) is 6.01. The fraction of sp³-hybridized carbons (Fsp3) is 0.278. The number of nitrogens with zero attached hydrogens (tertiary/aromatic N) is 3. The lowest BCUT2D eigenvalue weighted by atomic mass is 9.96. The van der Waals surface area contributed by atoms with Gasteiger partial charge >= 0.3 is 0 Å². The Kier molecular flexibility index (Phi) is 3.51. The van der Waals surface area contributed by atoms with E-state index in [1.807, 2.05) is 18.2 Å². The summed E-state index contributed by atoms with van der Waals surface area (Å²) in [6, 6.07) is 11.2. The summed E-state index contributed by atoms with van der Waals surface area (Å²) in [5, 5.41) is 12.1. The Bertz CT molecular complexity index is 938. The average molecular weight is 322 g/mol. The van der Waals surface area contributed by atoms with Crippen molar-refractivity contribution < 1.29 is 8.81 Å². The van der Waals surface area contributed by atoms with Crippen LogP contribution < -0.4 is 5.32 Å². The molecule has 24 heavy (non-hydrogen) atoms. The number of oxazole rings is 1. The van der Waals surface area contributed by atoms with Crippen LogP contribution >= 0.6 is 0 Å². The first-order valence-corrected chi connectivity index (χ1v) is 7.85. The van der Waals surface area contributed by atoms with Crippen LogP contribution in [0.25, 0.3) is 22.4 Å². The Morgan fingerprint density at radius 3 is 3.00 bits per heavy atom. The summed E-state index contributed by atoms with van der Waals surface area (Å²) >= 11 is 0. The lowest BCUT2D eigenvalue weighted by molar-refractivity contribution is 0.0886. The van der Waals surface area contributed by atoms with Crippen LogP contribution in [0.1, 0.15) is 24.3 Å². The predicted octanol–water partition coefficient (Wildman–Crippen LogP) is 3.31. The van der Waals surface area contributed by atoms with Gasteiger partial charge in [-0.05, 0) is 43.1 Å². The molecule has 1 saturated heterocycles. The average Bonchev–Trinajstić information content (AvgIpc) is 3.06. The quantitative estimate of drug-likeness (QED) is 0.783. The van der Waals surface area contributed by atoms with E-state index < -0.39 is 5.67 Å². The smallest absolute Gasteiger partial charge is 0.247 e. The molecule has 0 bridgehead atoms. The summed E-state index contributed by atoms with van der Waals surface area (Å²) in [7, 11) is 0. The SMILES string of the molecule is N#Cc1cccc(-c2cnc3oc(C4(F)CCCNC4)nc3c2)c1. The van der Waals surface area contributed by atoms with E-state index in [0.29, 0.717) is 23.2 Å². The number of halogens is 1. The van der Waals surface area contributed by atoms with Gasteiger partial charge in [-0.2, -0.15) is 5.26 Å². The zero-order valence-corrected chi connectivity index (χ0v) is 12.9. The minimum absolute atomic E-state index is 0.0834. The lowest BCUT2D eigenvalue weighted by Gasteiger charge is -2.26. The van der Waals surface area contributed by atoms with E-state index in [1.54, 1.807) is 18.3 Å². The van der Waals surface area contributed by atoms with Crippen molar-refractivity contribution in [1.82, 2.24) is 15.3 Å². The van der Waals surface area contributed by atoms with Gasteiger partial charge in [0.05, 0.1) is 11.6 Å². The van der Waals surface area contributed by atoms with Crippen molar-refractivity contribution in [3.63, 3.8) is 0 Å². The Morgan fingerprint density at radius 2 is 2.21 bits per heavy atom. The fourth-order valence-corrected chi connectivity index (χ4v) is 2.99. The van der Waals surface area contributed by atoms with E-state index in [0.717, 1.165) is 24.1 Å². The Morgan fingerprint density at radius 1 is 1.29 bits per heavy atom. The topological polar surface area (TPSA) is 74.7 Å². The van der Waals surface area contributed by atoms with E-state index in [2.05, 4.69) is 21.4 Å². The van der Waals surface area contributed by atoms with Crippen LogP contribution in [0.5, 0.6) is 0 Å². The number of alkyl halides is 1. The second kappa shape index (κ2) is 5.69. The maximum atomic E-state index is 15.0. The number of fused-ring (bicyclic) bond motifs is 1. The number of benzene rings is 1. The Hall–Kier alpha value is -2.78. The van der Waals surface area contributed by atoms with Crippen molar-refractivity contribution in [1.29, 1.82) is 5.26 Å². The molecule has 1 N–H and O–H groups in total. The molecule has 0 spiro atoms. The predicted molar refractivity (Wildman–Crippen MR) is 86.8 cm³/mol. The molecule has 4 rings (SSSR count). The van der Waals surface area contributed by atoms with Crippen LogP contribution in [0.3, 0.4) is 0 Å². The molecule has 1 aromatic carbocycles. The monoisotopic (exact) mass is 322 g/mol. The molecular weight excluding hydrogens is 307 g/mol. The van der Waals surface area contributed by atoms with Gasteiger partial charge < -0.3 is 9.73 Å². The van der Waals surface area contributed by atoms with Crippen molar-refractivity contribution in [2.75, 3.05) is 13.1 Å². The first-order chi connectivity index (χ1) is 11.7. The van der Waals surface area contributed by atoms with Gasteiger partial charge in [0.25, 0.3) is 0 Å². The number of nitriles is 1. The summed E-state index contributed by atoms with van der Waals surface area (Å²) in [4.78, 5) is 8.59. The molecule has 0 radical (unpaired) electrons. The van der Waals surface area contributed by atoms with Crippen LogP contribution in [0.2, 0.25) is 0 Å². The molecule has 3 heterocycles. The van der Waals surface area contributed by atoms with Crippen LogP contribution in [-0.4, -0.2) is 23.1 Å². The van der Waals surface area contributed by atoms with Gasteiger partial charge in [0.1, 0.15) is 5.52 Å². The van der Waals surface area contributed by atoms with Gasteiger partial charge in [-0.1, -0.05) is 12.1 Å². The first kappa shape index (κ1) is 14.8. The molecule has 120 valence electrons. The molecule has 5 nitrogen and oxygen atoms in total. The van der Waals surface area contributed by atoms with Crippen LogP contribution in [0, 0.1) is 11.3 Å². The van der Waals surface area contributed by atoms with Crippen molar-refractivity contribution >= 4 is 11.2 Å². The van der Waals surface area contributed by atoms with E-state index in [9.17, 15) is 4.39 Å². The lowest BCUT2D eigenvalue weighted by Crippen LogP contribution is -2.40. The molecule has 2 aromatic heterocycles. The molecule has 1 unspecified atom stereocenters. The van der Waals surface area contributed by atoms with Gasteiger partial charge in [0, 0.05) is 18.3 Å². The summed E-state index contributed by atoms with van der Waals surface area (Å²) in [5.41, 5.74) is 1.51. The first-order valence-electron chi connectivity index (χ1n) is 7.85. The molecule has 0 aliphatic carbocycles. The molecule has 3 aromatic rings. The van der Waals surface area contributed by atoms with Gasteiger partial charge in [0.2, 0.25) is 11.6 Å². The van der Waals surface area contributed by atoms with E-state index in [-0.39, 0.29) is 12.4 Å². The van der Waals surface area contributed by atoms with Crippen LogP contribution in [0.15, 0.2) is 40.9 Å². The summed E-state index contributed by atoms with van der Waals surface area (Å²) in [6.45, 7) is 1.01. The van der Waals surface area contributed by atoms with Crippen LogP contribution in [0.4, 0.5) is 4.39 Å². The van der Waals surface area contributed by atoms with Gasteiger partial charge in [-0.3, -0.25) is 0 Å². The minimum Gasteiger partial charge on any atom is -0.419 e. The summed E-state index contributed by atoms with van der Waals surface area (Å²) in [6.07, 6.45) is 2.79. The number of piperidine rings is 1. The highest BCUT2D eigenvalue weighted by molar-refractivity contribution is 5.77. The minimum atomic E-state index is -1.58. The largest absolute Gasteiger partial charge is 0.419 e. The zero-order valence-electron chi connectivity index (χ0n) is 12.9. The number of rotatable bonds is 2. The fourth-order valence-electron chi connectivity index (χ4n) is 2.99. The summed E-state index contributed by atoms with van der Waals surface area (Å²) < 4.78 is 20.5. The highest BCUT2D eigenvalue weighted by atomic mass is 19.1. The van der Waals surface area contributed by atoms with Crippen molar-refractivity contribution in [3.05, 3.63) is 48.0 Å². The summed E-state index contributed by atoms with van der Waals surface area (Å²) in [5.74, 6) is 0.0834. The molecule has 1 atom stereocenters. The van der Waals surface area contributed by atoms with Gasteiger partial charge in [0.15, 0.2) is 5.67 Å². The van der Waals surface area contributed by atoms with Gasteiger partial charge in [-0.25, -0.2) is 14.4 Å². The number of aromatic nitrogens is 2.